The van der Waals surface area contributed by atoms with Crippen LogP contribution in [-0.2, 0) is 0 Å². The van der Waals surface area contributed by atoms with Crippen LogP contribution < -0.4 is 10.3 Å². The number of hydrogen-bond donors (Lipinski definition) is 2. The Morgan fingerprint density at radius 1 is 1.04 bits per heavy atom. The van der Waals surface area contributed by atoms with E-state index in [4.69, 9.17) is 4.74 Å². The van der Waals surface area contributed by atoms with Gasteiger partial charge in [-0.05, 0) is 42.5 Å². The van der Waals surface area contributed by atoms with Gasteiger partial charge in [0.1, 0.15) is 17.4 Å². The number of fused-ring (bicyclic) bond motifs is 2. The molecule has 2 heterocycles. The van der Waals surface area contributed by atoms with Gasteiger partial charge in [0.05, 0.1) is 23.7 Å². The number of imidazole rings is 1. The smallest absolute Gasteiger partial charge is 0.259 e. The molecule has 4 rings (SSSR count). The van der Waals surface area contributed by atoms with Gasteiger partial charge in [0.2, 0.25) is 0 Å². The zero-order valence-electron chi connectivity index (χ0n) is 12.2. The third-order valence-corrected chi connectivity index (χ3v) is 3.75. The molecule has 0 spiro atoms. The molecule has 0 saturated carbocycles. The number of benzene rings is 2. The number of aromatic nitrogens is 3. The van der Waals surface area contributed by atoms with Crippen LogP contribution in [0.5, 0.6) is 5.75 Å². The number of aromatic amines is 2. The highest BCUT2D eigenvalue weighted by atomic mass is 19.1. The molecule has 0 saturated heterocycles. The van der Waals surface area contributed by atoms with Gasteiger partial charge in [0.25, 0.3) is 5.56 Å². The quantitative estimate of drug-likeness (QED) is 0.597. The van der Waals surface area contributed by atoms with Gasteiger partial charge < -0.3 is 14.7 Å². The monoisotopic (exact) mass is 309 g/mol. The van der Waals surface area contributed by atoms with Crippen LogP contribution in [0.1, 0.15) is 0 Å². The largest absolute Gasteiger partial charge is 0.497 e. The van der Waals surface area contributed by atoms with Crippen molar-refractivity contribution >= 4 is 21.9 Å². The van der Waals surface area contributed by atoms with Gasteiger partial charge >= 0.3 is 0 Å². The van der Waals surface area contributed by atoms with E-state index in [1.807, 2.05) is 6.07 Å². The van der Waals surface area contributed by atoms with Crippen molar-refractivity contribution in [2.24, 2.45) is 0 Å². The number of halogens is 1. The van der Waals surface area contributed by atoms with E-state index >= 15 is 0 Å². The molecular weight excluding hydrogens is 297 g/mol. The molecule has 2 aromatic carbocycles. The predicted molar refractivity (Wildman–Crippen MR) is 86.2 cm³/mol. The van der Waals surface area contributed by atoms with Gasteiger partial charge in [0.15, 0.2) is 0 Å². The normalized spacial score (nSPS) is 11.2. The van der Waals surface area contributed by atoms with Crippen LogP contribution >= 0.6 is 0 Å². The second-order valence-corrected chi connectivity index (χ2v) is 5.21. The maximum atomic E-state index is 13.3. The lowest BCUT2D eigenvalue weighted by molar-refractivity contribution is 0.415. The van der Waals surface area contributed by atoms with Crippen molar-refractivity contribution in [3.63, 3.8) is 0 Å². The SMILES string of the molecule is COc1ccc2[nH]c(=O)c(-c3nc4ccc(F)cc4[nH]3)cc2c1. The van der Waals surface area contributed by atoms with Crippen molar-refractivity contribution in [2.45, 2.75) is 0 Å². The Bertz CT molecular complexity index is 1100. The zero-order valence-corrected chi connectivity index (χ0v) is 12.2. The predicted octanol–water partition coefficient (Wildman–Crippen LogP) is 3.22. The summed E-state index contributed by atoms with van der Waals surface area (Å²) in [6, 6.07) is 11.4. The van der Waals surface area contributed by atoms with Gasteiger partial charge in [-0.2, -0.15) is 0 Å². The van der Waals surface area contributed by atoms with Gasteiger partial charge in [-0.25, -0.2) is 9.37 Å². The summed E-state index contributed by atoms with van der Waals surface area (Å²) in [5, 5.41) is 0.825. The Labute approximate surface area is 129 Å². The van der Waals surface area contributed by atoms with Gasteiger partial charge in [-0.15, -0.1) is 0 Å². The van der Waals surface area contributed by atoms with E-state index in [0.29, 0.717) is 33.7 Å². The minimum Gasteiger partial charge on any atom is -0.497 e. The van der Waals surface area contributed by atoms with Crippen molar-refractivity contribution in [1.82, 2.24) is 15.0 Å². The fraction of sp³-hybridized carbons (Fsp3) is 0.0588. The highest BCUT2D eigenvalue weighted by molar-refractivity contribution is 5.85. The van der Waals surface area contributed by atoms with E-state index in [0.717, 1.165) is 5.39 Å². The molecule has 0 amide bonds. The molecule has 4 aromatic rings. The van der Waals surface area contributed by atoms with Crippen molar-refractivity contribution in [3.05, 3.63) is 58.6 Å². The lowest BCUT2D eigenvalue weighted by Gasteiger charge is -2.04. The number of pyridine rings is 1. The summed E-state index contributed by atoms with van der Waals surface area (Å²) >= 11 is 0. The van der Waals surface area contributed by atoms with E-state index in [9.17, 15) is 9.18 Å². The second-order valence-electron chi connectivity index (χ2n) is 5.21. The minimum atomic E-state index is -0.357. The first-order valence-corrected chi connectivity index (χ1v) is 7.01. The molecule has 2 aromatic heterocycles. The summed E-state index contributed by atoms with van der Waals surface area (Å²) in [6.45, 7) is 0. The average Bonchev–Trinajstić information content (AvgIpc) is 2.96. The first kappa shape index (κ1) is 13.5. The number of nitrogens with one attached hydrogen (secondary N) is 2. The van der Waals surface area contributed by atoms with Crippen LogP contribution in [0.2, 0.25) is 0 Å². The molecule has 0 aliphatic rings. The molecule has 0 unspecified atom stereocenters. The fourth-order valence-electron chi connectivity index (χ4n) is 2.60. The van der Waals surface area contributed by atoms with E-state index < -0.39 is 0 Å². The third-order valence-electron chi connectivity index (χ3n) is 3.75. The van der Waals surface area contributed by atoms with E-state index in [2.05, 4.69) is 15.0 Å². The Hall–Kier alpha value is -3.15. The molecule has 0 bridgehead atoms. The topological polar surface area (TPSA) is 70.8 Å². The number of hydrogen-bond acceptors (Lipinski definition) is 3. The van der Waals surface area contributed by atoms with Crippen molar-refractivity contribution in [1.29, 1.82) is 0 Å². The first-order valence-electron chi connectivity index (χ1n) is 7.01. The summed E-state index contributed by atoms with van der Waals surface area (Å²) in [7, 11) is 1.58. The van der Waals surface area contributed by atoms with E-state index in [1.54, 1.807) is 31.4 Å². The van der Waals surface area contributed by atoms with Gasteiger partial charge in [-0.1, -0.05) is 0 Å². The average molecular weight is 309 g/mol. The molecule has 23 heavy (non-hydrogen) atoms. The maximum absolute atomic E-state index is 13.3. The summed E-state index contributed by atoms with van der Waals surface area (Å²) < 4.78 is 18.5. The Morgan fingerprint density at radius 3 is 2.74 bits per heavy atom. The fourth-order valence-corrected chi connectivity index (χ4v) is 2.60. The molecule has 0 radical (unpaired) electrons. The van der Waals surface area contributed by atoms with Crippen LogP contribution in [-0.4, -0.2) is 22.1 Å². The molecule has 2 N–H and O–H groups in total. The van der Waals surface area contributed by atoms with Crippen molar-refractivity contribution < 1.29 is 9.13 Å². The number of ether oxygens (including phenoxy) is 1. The Morgan fingerprint density at radius 2 is 1.91 bits per heavy atom. The zero-order chi connectivity index (χ0) is 16.0. The lowest BCUT2D eigenvalue weighted by Crippen LogP contribution is -2.09. The number of rotatable bonds is 2. The minimum absolute atomic E-state index is 0.262. The van der Waals surface area contributed by atoms with Crippen LogP contribution in [0.3, 0.4) is 0 Å². The van der Waals surface area contributed by atoms with Gasteiger partial charge in [0, 0.05) is 10.9 Å². The van der Waals surface area contributed by atoms with E-state index in [1.165, 1.54) is 12.1 Å². The second kappa shape index (κ2) is 4.95. The molecule has 5 nitrogen and oxygen atoms in total. The molecule has 114 valence electrons. The third kappa shape index (κ3) is 2.24. The highest BCUT2D eigenvalue weighted by Crippen LogP contribution is 2.23. The summed E-state index contributed by atoms with van der Waals surface area (Å²) in [5.74, 6) is 0.739. The van der Waals surface area contributed by atoms with Crippen LogP contribution in [0.4, 0.5) is 4.39 Å². The van der Waals surface area contributed by atoms with Crippen LogP contribution in [0.15, 0.2) is 47.3 Å². The first-order chi connectivity index (χ1) is 11.1. The Balaban J connectivity index is 1.95. The summed E-state index contributed by atoms with van der Waals surface area (Å²) in [5.41, 5.74) is 1.99. The molecular formula is C17H12FN3O2. The molecule has 0 fully saturated rings. The highest BCUT2D eigenvalue weighted by Gasteiger charge is 2.11. The summed E-state index contributed by atoms with van der Waals surface area (Å²) in [4.78, 5) is 22.5. The van der Waals surface area contributed by atoms with E-state index in [-0.39, 0.29) is 11.4 Å². The van der Waals surface area contributed by atoms with Gasteiger partial charge in [-0.3, -0.25) is 4.79 Å². The molecule has 6 heteroatoms. The molecule has 0 aliphatic heterocycles. The summed E-state index contributed by atoms with van der Waals surface area (Å²) in [6.07, 6.45) is 0. The molecule has 0 atom stereocenters. The Kier molecular flexibility index (Phi) is 2.90. The van der Waals surface area contributed by atoms with Crippen LogP contribution in [0, 0.1) is 5.82 Å². The van der Waals surface area contributed by atoms with Crippen molar-refractivity contribution in [2.75, 3.05) is 7.11 Å². The number of nitrogens with zero attached hydrogens (tertiary/aromatic N) is 1. The number of methoxy groups -OCH3 is 1. The van der Waals surface area contributed by atoms with Crippen molar-refractivity contribution in [3.8, 4) is 17.1 Å². The van der Waals surface area contributed by atoms with Crippen LogP contribution in [0.25, 0.3) is 33.3 Å². The lowest BCUT2D eigenvalue weighted by atomic mass is 10.1. The maximum Gasteiger partial charge on any atom is 0.259 e. The standard InChI is InChI=1S/C17H12FN3O2/c1-23-11-3-5-13-9(6-11)7-12(17(22)21-13)16-19-14-4-2-10(18)8-15(14)20-16/h2-8H,1H3,(H,19,20)(H,21,22). The molecule has 0 aliphatic carbocycles. The number of H-pyrrole nitrogens is 2.